The largest absolute Gasteiger partial charge is 0.493 e. The number of methoxy groups -OCH3 is 3. The van der Waals surface area contributed by atoms with Crippen molar-refractivity contribution >= 4 is 24.4 Å². The van der Waals surface area contributed by atoms with E-state index in [9.17, 15) is 4.79 Å². The SMILES string of the molecule is COc1ccc(C2(c3ccccc3)C=Cc3c(NC4CC4)nn(C=CC=O)c3C2)c(OC)c1OC. The Morgan fingerprint density at radius 2 is 1.80 bits per heavy atom. The highest BCUT2D eigenvalue weighted by Gasteiger charge is 2.41. The lowest BCUT2D eigenvalue weighted by Gasteiger charge is -2.36. The van der Waals surface area contributed by atoms with Crippen LogP contribution in [0.5, 0.6) is 17.2 Å². The zero-order chi connectivity index (χ0) is 24.4. The summed E-state index contributed by atoms with van der Waals surface area (Å²) in [6.07, 6.45) is 11.2. The van der Waals surface area contributed by atoms with Crippen molar-refractivity contribution in [1.29, 1.82) is 0 Å². The molecule has 2 aliphatic rings. The first-order valence-corrected chi connectivity index (χ1v) is 11.7. The fourth-order valence-electron chi connectivity index (χ4n) is 4.88. The number of ether oxygens (including phenoxy) is 3. The van der Waals surface area contributed by atoms with E-state index < -0.39 is 5.41 Å². The lowest BCUT2D eigenvalue weighted by atomic mass is 9.68. The summed E-state index contributed by atoms with van der Waals surface area (Å²) in [5.41, 5.74) is 3.54. The maximum atomic E-state index is 11.1. The minimum absolute atomic E-state index is 0.456. The Balaban J connectivity index is 1.73. The molecule has 0 bridgehead atoms. The molecular weight excluding hydrogens is 442 g/mol. The summed E-state index contributed by atoms with van der Waals surface area (Å²) in [5, 5.41) is 8.34. The van der Waals surface area contributed by atoms with Crippen LogP contribution in [0.4, 0.5) is 5.82 Å². The highest BCUT2D eigenvalue weighted by atomic mass is 16.5. The van der Waals surface area contributed by atoms with Gasteiger partial charge in [-0.25, -0.2) is 4.68 Å². The van der Waals surface area contributed by atoms with Crippen molar-refractivity contribution in [3.63, 3.8) is 0 Å². The van der Waals surface area contributed by atoms with Gasteiger partial charge in [-0.15, -0.1) is 0 Å². The molecule has 0 saturated heterocycles. The molecule has 35 heavy (non-hydrogen) atoms. The van der Waals surface area contributed by atoms with Crippen LogP contribution in [-0.4, -0.2) is 43.4 Å². The van der Waals surface area contributed by atoms with Gasteiger partial charge in [0.15, 0.2) is 17.3 Å². The van der Waals surface area contributed by atoms with Gasteiger partial charge in [0.2, 0.25) is 5.75 Å². The number of fused-ring (bicyclic) bond motifs is 1. The quantitative estimate of drug-likeness (QED) is 0.360. The van der Waals surface area contributed by atoms with Crippen molar-refractivity contribution in [2.45, 2.75) is 30.7 Å². The molecule has 1 heterocycles. The first-order chi connectivity index (χ1) is 17.1. The van der Waals surface area contributed by atoms with E-state index in [1.54, 1.807) is 27.5 Å². The maximum Gasteiger partial charge on any atom is 0.203 e. The van der Waals surface area contributed by atoms with E-state index in [0.717, 1.165) is 47.3 Å². The van der Waals surface area contributed by atoms with Crippen molar-refractivity contribution in [3.05, 3.63) is 77.0 Å². The first-order valence-electron chi connectivity index (χ1n) is 11.7. The molecule has 1 fully saturated rings. The number of anilines is 1. The van der Waals surface area contributed by atoms with Crippen molar-refractivity contribution < 1.29 is 19.0 Å². The third-order valence-corrected chi connectivity index (χ3v) is 6.73. The minimum Gasteiger partial charge on any atom is -0.493 e. The van der Waals surface area contributed by atoms with E-state index in [1.807, 2.05) is 35.0 Å². The van der Waals surface area contributed by atoms with Gasteiger partial charge >= 0.3 is 0 Å². The second kappa shape index (κ2) is 9.33. The van der Waals surface area contributed by atoms with Gasteiger partial charge in [-0.05, 0) is 30.5 Å². The minimum atomic E-state index is -0.567. The van der Waals surface area contributed by atoms with Crippen LogP contribution in [-0.2, 0) is 16.6 Å². The molecule has 5 rings (SSSR count). The number of allylic oxidation sites excluding steroid dienone is 2. The lowest BCUT2D eigenvalue weighted by Crippen LogP contribution is -2.32. The number of benzene rings is 2. The number of aldehydes is 1. The molecule has 2 aliphatic carbocycles. The van der Waals surface area contributed by atoms with Crippen LogP contribution in [0.15, 0.2) is 54.6 Å². The Morgan fingerprint density at radius 3 is 2.46 bits per heavy atom. The second-order valence-corrected chi connectivity index (χ2v) is 8.78. The van der Waals surface area contributed by atoms with Crippen LogP contribution in [0.3, 0.4) is 0 Å². The molecule has 0 amide bonds. The summed E-state index contributed by atoms with van der Waals surface area (Å²) < 4.78 is 19.0. The lowest BCUT2D eigenvalue weighted by molar-refractivity contribution is -0.104. The number of carbonyl (C=O) groups is 1. The Hall–Kier alpha value is -4.00. The molecule has 1 saturated carbocycles. The van der Waals surface area contributed by atoms with E-state index in [2.05, 4.69) is 29.6 Å². The highest BCUT2D eigenvalue weighted by Crippen LogP contribution is 2.51. The maximum absolute atomic E-state index is 11.1. The number of rotatable bonds is 9. The third-order valence-electron chi connectivity index (χ3n) is 6.73. The van der Waals surface area contributed by atoms with Crippen LogP contribution in [0, 0.1) is 0 Å². The second-order valence-electron chi connectivity index (χ2n) is 8.78. The van der Waals surface area contributed by atoms with E-state index >= 15 is 0 Å². The van der Waals surface area contributed by atoms with Gasteiger partial charge < -0.3 is 19.5 Å². The molecule has 1 aromatic heterocycles. The van der Waals surface area contributed by atoms with Gasteiger partial charge in [-0.2, -0.15) is 5.10 Å². The number of nitrogens with one attached hydrogen (secondary N) is 1. The van der Waals surface area contributed by atoms with Crippen LogP contribution in [0.1, 0.15) is 35.2 Å². The topological polar surface area (TPSA) is 74.6 Å². The van der Waals surface area contributed by atoms with Gasteiger partial charge in [-0.3, -0.25) is 4.79 Å². The molecule has 180 valence electrons. The molecule has 0 spiro atoms. The Morgan fingerprint density at radius 1 is 1.03 bits per heavy atom. The molecule has 1 atom stereocenters. The zero-order valence-electron chi connectivity index (χ0n) is 20.2. The average Bonchev–Trinajstić information content (AvgIpc) is 3.67. The van der Waals surface area contributed by atoms with Crippen molar-refractivity contribution in [3.8, 4) is 17.2 Å². The highest BCUT2D eigenvalue weighted by molar-refractivity contribution is 5.75. The van der Waals surface area contributed by atoms with E-state index in [0.29, 0.717) is 29.7 Å². The molecular formula is C28H29N3O4. The van der Waals surface area contributed by atoms with Crippen LogP contribution in [0.2, 0.25) is 0 Å². The number of aromatic nitrogens is 2. The third kappa shape index (κ3) is 3.97. The van der Waals surface area contributed by atoms with Crippen LogP contribution in [0.25, 0.3) is 12.3 Å². The summed E-state index contributed by atoms with van der Waals surface area (Å²) in [4.78, 5) is 11.1. The summed E-state index contributed by atoms with van der Waals surface area (Å²) >= 11 is 0. The van der Waals surface area contributed by atoms with E-state index in [1.165, 1.54) is 6.08 Å². The molecule has 1 N–H and O–H groups in total. The van der Waals surface area contributed by atoms with Gasteiger partial charge in [-0.1, -0.05) is 48.6 Å². The molecule has 3 aromatic rings. The van der Waals surface area contributed by atoms with Crippen molar-refractivity contribution in [2.24, 2.45) is 0 Å². The first kappa shape index (κ1) is 22.8. The van der Waals surface area contributed by atoms with Gasteiger partial charge in [0, 0.05) is 35.2 Å². The van der Waals surface area contributed by atoms with Crippen LogP contribution < -0.4 is 19.5 Å². The zero-order valence-corrected chi connectivity index (χ0v) is 20.2. The molecule has 0 radical (unpaired) electrons. The van der Waals surface area contributed by atoms with Gasteiger partial charge in [0.1, 0.15) is 6.29 Å². The Kier molecular flexibility index (Phi) is 6.07. The van der Waals surface area contributed by atoms with E-state index in [-0.39, 0.29) is 0 Å². The number of carbonyl (C=O) groups excluding carboxylic acids is 1. The number of hydrogen-bond acceptors (Lipinski definition) is 6. The Bertz CT molecular complexity index is 1290. The monoisotopic (exact) mass is 471 g/mol. The molecule has 0 aliphatic heterocycles. The number of hydrogen-bond donors (Lipinski definition) is 1. The molecule has 1 unspecified atom stereocenters. The van der Waals surface area contributed by atoms with Gasteiger partial charge in [0.05, 0.1) is 27.0 Å². The van der Waals surface area contributed by atoms with Crippen molar-refractivity contribution in [2.75, 3.05) is 26.6 Å². The summed E-state index contributed by atoms with van der Waals surface area (Å²) in [6.45, 7) is 0. The fourth-order valence-corrected chi connectivity index (χ4v) is 4.88. The molecule has 2 aromatic carbocycles. The molecule has 7 heteroatoms. The standard InChI is InChI=1S/C28H29N3O4/c1-33-24-13-12-22(25(34-2)26(24)35-3)28(19-8-5-4-6-9-19)15-14-21-23(18-28)31(16-7-17-32)30-27(21)29-20-10-11-20/h4-9,12-17,20H,10-11,18H2,1-3H3,(H,29,30). The normalized spacial score (nSPS) is 18.8. The Labute approximate surface area is 205 Å². The summed E-state index contributed by atoms with van der Waals surface area (Å²) in [6, 6.07) is 14.7. The summed E-state index contributed by atoms with van der Waals surface area (Å²) in [5.74, 6) is 2.61. The smallest absolute Gasteiger partial charge is 0.203 e. The fraction of sp³-hybridized carbons (Fsp3) is 0.286. The molecule has 7 nitrogen and oxygen atoms in total. The number of nitrogens with zero attached hydrogens (tertiary/aromatic N) is 2. The van der Waals surface area contributed by atoms with E-state index in [4.69, 9.17) is 19.3 Å². The summed E-state index contributed by atoms with van der Waals surface area (Å²) in [7, 11) is 4.87. The average molecular weight is 472 g/mol. The van der Waals surface area contributed by atoms with Crippen LogP contribution >= 0.6 is 0 Å². The van der Waals surface area contributed by atoms with Crippen molar-refractivity contribution in [1.82, 2.24) is 9.78 Å². The predicted octanol–water partition coefficient (Wildman–Crippen LogP) is 4.71. The predicted molar refractivity (Wildman–Crippen MR) is 136 cm³/mol. The van der Waals surface area contributed by atoms with Gasteiger partial charge in [0.25, 0.3) is 0 Å².